The van der Waals surface area contributed by atoms with Crippen LogP contribution in [-0.4, -0.2) is 14.4 Å². The van der Waals surface area contributed by atoms with E-state index in [1.54, 1.807) is 38.1 Å². The lowest BCUT2D eigenvalue weighted by Crippen LogP contribution is -2.19. The molecule has 0 saturated carbocycles. The third kappa shape index (κ3) is 4.01. The molecule has 0 saturated heterocycles. The number of nitrogens with one attached hydrogen (secondary N) is 2. The van der Waals surface area contributed by atoms with E-state index in [1.807, 2.05) is 19.1 Å². The highest BCUT2D eigenvalue weighted by Gasteiger charge is 2.20. The summed E-state index contributed by atoms with van der Waals surface area (Å²) in [7, 11) is -3.69. The van der Waals surface area contributed by atoms with E-state index in [0.717, 1.165) is 5.56 Å². The Kier molecular flexibility index (Phi) is 4.60. The van der Waals surface area contributed by atoms with Crippen molar-refractivity contribution in [1.82, 2.24) is 0 Å². The number of benzene rings is 2. The van der Waals surface area contributed by atoms with Gasteiger partial charge in [0, 0.05) is 11.4 Å². The van der Waals surface area contributed by atoms with Gasteiger partial charge in [0.1, 0.15) is 0 Å². The SMILES string of the molecule is Cc1cc(C)c(S(=O)(=O)Nc2ccc(NC(N)=O)cc2)c(C)c1. The number of carbonyl (C=O) groups is 1. The van der Waals surface area contributed by atoms with Crippen LogP contribution in [0.5, 0.6) is 0 Å². The van der Waals surface area contributed by atoms with Crippen molar-refractivity contribution >= 4 is 27.4 Å². The predicted molar refractivity (Wildman–Crippen MR) is 91.1 cm³/mol. The van der Waals surface area contributed by atoms with Crippen LogP contribution in [0.4, 0.5) is 16.2 Å². The molecule has 122 valence electrons. The van der Waals surface area contributed by atoms with Gasteiger partial charge in [-0.15, -0.1) is 0 Å². The molecule has 0 heterocycles. The number of aryl methyl sites for hydroxylation is 3. The minimum absolute atomic E-state index is 0.280. The van der Waals surface area contributed by atoms with Crippen LogP contribution >= 0.6 is 0 Å². The first kappa shape index (κ1) is 16.8. The summed E-state index contributed by atoms with van der Waals surface area (Å²) in [5.74, 6) is 0. The zero-order valence-corrected chi connectivity index (χ0v) is 14.0. The molecule has 2 amide bonds. The number of rotatable bonds is 4. The number of urea groups is 1. The average molecular weight is 333 g/mol. The number of anilines is 2. The highest BCUT2D eigenvalue weighted by atomic mass is 32.2. The Morgan fingerprint density at radius 3 is 1.91 bits per heavy atom. The summed E-state index contributed by atoms with van der Waals surface area (Å²) in [5.41, 5.74) is 8.32. The van der Waals surface area contributed by atoms with Crippen LogP contribution in [0.15, 0.2) is 41.3 Å². The Morgan fingerprint density at radius 2 is 1.43 bits per heavy atom. The molecule has 0 bridgehead atoms. The molecule has 23 heavy (non-hydrogen) atoms. The van der Waals surface area contributed by atoms with Gasteiger partial charge in [-0.2, -0.15) is 0 Å². The van der Waals surface area contributed by atoms with Crippen molar-refractivity contribution in [3.05, 3.63) is 53.1 Å². The lowest BCUT2D eigenvalue weighted by atomic mass is 10.1. The number of nitrogens with two attached hydrogens (primary N) is 1. The number of carbonyl (C=O) groups excluding carboxylic acids is 1. The maximum atomic E-state index is 12.6. The Labute approximate surface area is 135 Å². The summed E-state index contributed by atoms with van der Waals surface area (Å²) in [5, 5.41) is 2.41. The number of hydrogen-bond donors (Lipinski definition) is 3. The minimum Gasteiger partial charge on any atom is -0.351 e. The fourth-order valence-electron chi connectivity index (χ4n) is 2.56. The monoisotopic (exact) mass is 333 g/mol. The molecule has 0 aromatic heterocycles. The van der Waals surface area contributed by atoms with Crippen LogP contribution in [0.3, 0.4) is 0 Å². The van der Waals surface area contributed by atoms with Gasteiger partial charge in [0.15, 0.2) is 0 Å². The fourth-order valence-corrected chi connectivity index (χ4v) is 4.07. The largest absolute Gasteiger partial charge is 0.351 e. The molecule has 2 rings (SSSR count). The molecule has 0 aliphatic rings. The maximum Gasteiger partial charge on any atom is 0.316 e. The van der Waals surface area contributed by atoms with Gasteiger partial charge >= 0.3 is 6.03 Å². The molecule has 2 aromatic carbocycles. The van der Waals surface area contributed by atoms with Crippen molar-refractivity contribution in [3.8, 4) is 0 Å². The zero-order chi connectivity index (χ0) is 17.2. The van der Waals surface area contributed by atoms with E-state index >= 15 is 0 Å². The summed E-state index contributed by atoms with van der Waals surface area (Å²) in [6, 6.07) is 9.24. The molecule has 0 aliphatic heterocycles. The lowest BCUT2D eigenvalue weighted by Gasteiger charge is -2.14. The van der Waals surface area contributed by atoms with Gasteiger partial charge in [-0.1, -0.05) is 17.7 Å². The van der Waals surface area contributed by atoms with Crippen LogP contribution in [0.25, 0.3) is 0 Å². The summed E-state index contributed by atoms with van der Waals surface area (Å²) in [6.45, 7) is 5.47. The smallest absolute Gasteiger partial charge is 0.316 e. The average Bonchev–Trinajstić information content (AvgIpc) is 2.38. The number of primary amides is 1. The quantitative estimate of drug-likeness (QED) is 0.801. The maximum absolute atomic E-state index is 12.6. The second kappa shape index (κ2) is 6.29. The van der Waals surface area contributed by atoms with Gasteiger partial charge in [-0.25, -0.2) is 13.2 Å². The van der Waals surface area contributed by atoms with Crippen molar-refractivity contribution in [2.75, 3.05) is 10.0 Å². The second-order valence-electron chi connectivity index (χ2n) is 5.40. The first-order valence-electron chi connectivity index (χ1n) is 6.96. The molecular formula is C16H19N3O3S. The van der Waals surface area contributed by atoms with Crippen molar-refractivity contribution in [2.24, 2.45) is 5.73 Å². The molecule has 0 unspecified atom stereocenters. The predicted octanol–water partition coefficient (Wildman–Crippen LogP) is 2.90. The van der Waals surface area contributed by atoms with E-state index in [4.69, 9.17) is 5.73 Å². The third-order valence-electron chi connectivity index (χ3n) is 3.28. The van der Waals surface area contributed by atoms with Crippen molar-refractivity contribution in [2.45, 2.75) is 25.7 Å². The molecule has 0 spiro atoms. The van der Waals surface area contributed by atoms with Gasteiger partial charge in [-0.05, 0) is 56.2 Å². The zero-order valence-electron chi connectivity index (χ0n) is 13.2. The normalized spacial score (nSPS) is 11.1. The van der Waals surface area contributed by atoms with E-state index < -0.39 is 16.1 Å². The molecule has 4 N–H and O–H groups in total. The van der Waals surface area contributed by atoms with Gasteiger partial charge in [0.05, 0.1) is 4.90 Å². The molecule has 0 radical (unpaired) electrons. The third-order valence-corrected chi connectivity index (χ3v) is 4.96. The van der Waals surface area contributed by atoms with Gasteiger partial charge < -0.3 is 11.1 Å². The van der Waals surface area contributed by atoms with Crippen LogP contribution in [0.2, 0.25) is 0 Å². The molecule has 6 nitrogen and oxygen atoms in total. The van der Waals surface area contributed by atoms with Crippen LogP contribution in [-0.2, 0) is 10.0 Å². The summed E-state index contributed by atoms with van der Waals surface area (Å²) >= 11 is 0. The molecular weight excluding hydrogens is 314 g/mol. The first-order valence-corrected chi connectivity index (χ1v) is 8.44. The van der Waals surface area contributed by atoms with Gasteiger partial charge in [-0.3, -0.25) is 4.72 Å². The Balaban J connectivity index is 2.30. The summed E-state index contributed by atoms with van der Waals surface area (Å²) in [6.07, 6.45) is 0. The topological polar surface area (TPSA) is 101 Å². The van der Waals surface area contributed by atoms with Gasteiger partial charge in [0.25, 0.3) is 10.0 Å². The van der Waals surface area contributed by atoms with E-state index in [1.165, 1.54) is 0 Å². The van der Waals surface area contributed by atoms with E-state index in [-0.39, 0.29) is 4.90 Å². The van der Waals surface area contributed by atoms with Crippen molar-refractivity contribution in [3.63, 3.8) is 0 Å². The minimum atomic E-state index is -3.69. The van der Waals surface area contributed by atoms with Gasteiger partial charge in [0.2, 0.25) is 0 Å². The highest BCUT2D eigenvalue weighted by Crippen LogP contribution is 2.24. The second-order valence-corrected chi connectivity index (χ2v) is 7.02. The van der Waals surface area contributed by atoms with Crippen molar-refractivity contribution in [1.29, 1.82) is 0 Å². The molecule has 7 heteroatoms. The van der Waals surface area contributed by atoms with Crippen LogP contribution in [0, 0.1) is 20.8 Å². The fraction of sp³-hybridized carbons (Fsp3) is 0.188. The van der Waals surface area contributed by atoms with E-state index in [0.29, 0.717) is 22.5 Å². The number of hydrogen-bond acceptors (Lipinski definition) is 3. The molecule has 0 aliphatic carbocycles. The highest BCUT2D eigenvalue weighted by molar-refractivity contribution is 7.92. The van der Waals surface area contributed by atoms with Crippen LogP contribution in [0.1, 0.15) is 16.7 Å². The van der Waals surface area contributed by atoms with Crippen molar-refractivity contribution < 1.29 is 13.2 Å². The van der Waals surface area contributed by atoms with Crippen LogP contribution < -0.4 is 15.8 Å². The molecule has 0 fully saturated rings. The summed E-state index contributed by atoms with van der Waals surface area (Å²) < 4.78 is 27.8. The van der Waals surface area contributed by atoms with E-state index in [2.05, 4.69) is 10.0 Å². The van der Waals surface area contributed by atoms with E-state index in [9.17, 15) is 13.2 Å². The molecule has 0 atom stereocenters. The molecule has 2 aromatic rings. The summed E-state index contributed by atoms with van der Waals surface area (Å²) in [4.78, 5) is 11.0. The number of sulfonamides is 1. The first-order chi connectivity index (χ1) is 10.7. The number of amides is 2. The Morgan fingerprint density at radius 1 is 0.957 bits per heavy atom. The Bertz CT molecular complexity index is 820. The standard InChI is InChI=1S/C16H19N3O3S/c1-10-8-11(2)15(12(3)9-10)23(21,22)19-14-6-4-13(5-7-14)18-16(17)20/h4-9,19H,1-3H3,(H3,17,18,20). The Hall–Kier alpha value is -2.54. The lowest BCUT2D eigenvalue weighted by molar-refractivity contribution is 0.259.